The van der Waals surface area contributed by atoms with Gasteiger partial charge < -0.3 is 14.6 Å². The van der Waals surface area contributed by atoms with E-state index in [2.05, 4.69) is 28.0 Å². The number of morpholine rings is 1. The molecule has 142 valence electrons. The molecular formula is C21H24N2O4. The summed E-state index contributed by atoms with van der Waals surface area (Å²) in [6, 6.07) is 10.2. The number of aliphatic hydroxyl groups excluding tert-OH is 1. The lowest BCUT2D eigenvalue weighted by Crippen LogP contribution is -2.48. The van der Waals surface area contributed by atoms with Gasteiger partial charge in [-0.1, -0.05) is 24.3 Å². The second kappa shape index (κ2) is 6.87. The van der Waals surface area contributed by atoms with Crippen LogP contribution in [0.25, 0.3) is 10.8 Å². The van der Waals surface area contributed by atoms with Crippen LogP contribution in [0.15, 0.2) is 30.3 Å². The number of β-amino-alcohol motifs (C(OH)–C–C–N with tert-alkyl or cyclic N) is 1. The molecule has 0 amide bonds. The van der Waals surface area contributed by atoms with Crippen molar-refractivity contribution in [2.75, 3.05) is 39.4 Å². The van der Waals surface area contributed by atoms with Crippen LogP contribution in [0.4, 0.5) is 0 Å². The second-order valence-electron chi connectivity index (χ2n) is 7.67. The first-order valence-electron chi connectivity index (χ1n) is 9.63. The summed E-state index contributed by atoms with van der Waals surface area (Å²) < 4.78 is 10.7. The van der Waals surface area contributed by atoms with Gasteiger partial charge in [-0.15, -0.1) is 0 Å². The van der Waals surface area contributed by atoms with E-state index in [0.29, 0.717) is 18.7 Å². The number of carbonyl (C=O) groups excluding carboxylic acids is 1. The summed E-state index contributed by atoms with van der Waals surface area (Å²) in [7, 11) is 0. The minimum Gasteiger partial charge on any atom is -0.457 e. The molecule has 0 aliphatic carbocycles. The maximum absolute atomic E-state index is 12.1. The van der Waals surface area contributed by atoms with Crippen molar-refractivity contribution in [1.82, 2.24) is 9.80 Å². The molecule has 0 bridgehead atoms. The average Bonchev–Trinajstić information content (AvgIpc) is 3.07. The van der Waals surface area contributed by atoms with E-state index in [1.54, 1.807) is 0 Å². The third kappa shape index (κ3) is 3.02. The Kier molecular flexibility index (Phi) is 4.36. The molecule has 0 saturated carbocycles. The topological polar surface area (TPSA) is 62.2 Å². The van der Waals surface area contributed by atoms with Gasteiger partial charge >= 0.3 is 5.97 Å². The number of cyclic esters (lactones) is 1. The highest BCUT2D eigenvalue weighted by atomic mass is 16.5. The number of hydrogen-bond donors (Lipinski definition) is 1. The molecule has 0 radical (unpaired) electrons. The Bertz CT molecular complexity index is 878. The molecule has 1 N–H and O–H groups in total. The number of hydrogen-bond acceptors (Lipinski definition) is 6. The number of carbonyl (C=O) groups is 1. The van der Waals surface area contributed by atoms with Crippen LogP contribution < -0.4 is 0 Å². The zero-order chi connectivity index (χ0) is 18.4. The van der Waals surface area contributed by atoms with Crippen molar-refractivity contribution >= 4 is 16.7 Å². The molecule has 3 aliphatic heterocycles. The first-order valence-corrected chi connectivity index (χ1v) is 9.63. The van der Waals surface area contributed by atoms with E-state index in [-0.39, 0.29) is 18.1 Å². The van der Waals surface area contributed by atoms with Crippen LogP contribution in [0.3, 0.4) is 0 Å². The third-order valence-corrected chi connectivity index (χ3v) is 6.04. The van der Waals surface area contributed by atoms with Gasteiger partial charge in [0.1, 0.15) is 6.61 Å². The number of rotatable bonds is 3. The molecule has 2 fully saturated rings. The van der Waals surface area contributed by atoms with Crippen LogP contribution in [-0.4, -0.2) is 72.4 Å². The van der Waals surface area contributed by atoms with Crippen molar-refractivity contribution < 1.29 is 19.4 Å². The number of benzene rings is 2. The van der Waals surface area contributed by atoms with Crippen molar-refractivity contribution in [3.8, 4) is 0 Å². The van der Waals surface area contributed by atoms with E-state index in [0.717, 1.165) is 55.7 Å². The fourth-order valence-corrected chi connectivity index (χ4v) is 4.67. The Morgan fingerprint density at radius 1 is 1.11 bits per heavy atom. The zero-order valence-corrected chi connectivity index (χ0v) is 15.3. The molecule has 2 saturated heterocycles. The van der Waals surface area contributed by atoms with Crippen molar-refractivity contribution in [1.29, 1.82) is 0 Å². The Labute approximate surface area is 158 Å². The van der Waals surface area contributed by atoms with Gasteiger partial charge in [0.15, 0.2) is 0 Å². The summed E-state index contributed by atoms with van der Waals surface area (Å²) in [6.45, 7) is 5.90. The van der Waals surface area contributed by atoms with Gasteiger partial charge in [-0.3, -0.25) is 9.80 Å². The van der Waals surface area contributed by atoms with Gasteiger partial charge in [0, 0.05) is 44.2 Å². The van der Waals surface area contributed by atoms with Gasteiger partial charge in [0.2, 0.25) is 0 Å². The highest BCUT2D eigenvalue weighted by molar-refractivity contribution is 6.08. The molecule has 6 heteroatoms. The van der Waals surface area contributed by atoms with Crippen molar-refractivity contribution in [3.05, 3.63) is 47.0 Å². The lowest BCUT2D eigenvalue weighted by molar-refractivity contribution is -0.00618. The molecule has 0 spiro atoms. The lowest BCUT2D eigenvalue weighted by Gasteiger charge is -2.33. The van der Waals surface area contributed by atoms with Crippen molar-refractivity contribution in [2.45, 2.75) is 25.3 Å². The lowest BCUT2D eigenvalue weighted by atomic mass is 9.94. The molecule has 2 aromatic rings. The molecule has 5 rings (SSSR count). The summed E-state index contributed by atoms with van der Waals surface area (Å²) in [6.07, 6.45) is -0.335. The first kappa shape index (κ1) is 17.1. The Morgan fingerprint density at radius 3 is 2.81 bits per heavy atom. The summed E-state index contributed by atoms with van der Waals surface area (Å²) in [5.41, 5.74) is 2.92. The normalized spacial score (nSPS) is 26.5. The van der Waals surface area contributed by atoms with Crippen LogP contribution in [-0.2, 0) is 22.6 Å². The number of aliphatic hydroxyl groups is 1. The molecule has 2 atom stereocenters. The van der Waals surface area contributed by atoms with Crippen molar-refractivity contribution in [2.24, 2.45) is 0 Å². The smallest absolute Gasteiger partial charge is 0.339 e. The summed E-state index contributed by atoms with van der Waals surface area (Å²) in [4.78, 5) is 16.8. The Balaban J connectivity index is 1.40. The van der Waals surface area contributed by atoms with Crippen LogP contribution in [0.1, 0.15) is 21.5 Å². The Hall–Kier alpha value is -1.99. The number of nitrogens with zero attached hydrogens (tertiary/aromatic N) is 2. The second-order valence-corrected chi connectivity index (χ2v) is 7.67. The van der Waals surface area contributed by atoms with E-state index < -0.39 is 0 Å². The number of ether oxygens (including phenoxy) is 2. The zero-order valence-electron chi connectivity index (χ0n) is 15.3. The van der Waals surface area contributed by atoms with Gasteiger partial charge in [0.05, 0.1) is 24.9 Å². The maximum atomic E-state index is 12.1. The molecule has 27 heavy (non-hydrogen) atoms. The summed E-state index contributed by atoms with van der Waals surface area (Å²) >= 11 is 0. The summed E-state index contributed by atoms with van der Waals surface area (Å²) in [5.74, 6) is -0.241. The van der Waals surface area contributed by atoms with E-state index in [1.807, 2.05) is 12.1 Å². The van der Waals surface area contributed by atoms with E-state index in [4.69, 9.17) is 9.47 Å². The maximum Gasteiger partial charge on any atom is 0.339 e. The molecular weight excluding hydrogens is 344 g/mol. The van der Waals surface area contributed by atoms with Crippen LogP contribution >= 0.6 is 0 Å². The van der Waals surface area contributed by atoms with E-state index in [1.165, 1.54) is 5.56 Å². The first-order chi connectivity index (χ1) is 13.2. The van der Waals surface area contributed by atoms with Gasteiger partial charge in [0.25, 0.3) is 0 Å². The predicted octanol–water partition coefficient (Wildman–Crippen LogP) is 1.39. The van der Waals surface area contributed by atoms with E-state index in [9.17, 15) is 9.90 Å². The largest absolute Gasteiger partial charge is 0.457 e. The monoisotopic (exact) mass is 368 g/mol. The highest BCUT2D eigenvalue weighted by Gasteiger charge is 2.36. The van der Waals surface area contributed by atoms with Crippen LogP contribution in [0.5, 0.6) is 0 Å². The number of likely N-dealkylation sites (tertiary alicyclic amines) is 1. The minimum atomic E-state index is -0.335. The molecule has 0 aromatic heterocycles. The standard InChI is InChI=1S/C21H24N2O4/c24-19-12-22(11-18(19)23-6-8-26-9-7-23)10-14-4-5-15-13-27-21(25)17-3-1-2-16(14)20(15)17/h1-5,18-19,24H,6-13H2/t18-,19-/m0/s1. The predicted molar refractivity (Wildman–Crippen MR) is 101 cm³/mol. The quantitative estimate of drug-likeness (QED) is 0.826. The van der Waals surface area contributed by atoms with Crippen molar-refractivity contribution in [3.63, 3.8) is 0 Å². The SMILES string of the molecule is O=C1OCc2ccc(CN3C[C@H](O)[C@@H](N4CCOCC4)C3)c3cccc1c23. The molecule has 3 heterocycles. The molecule has 0 unspecified atom stereocenters. The van der Waals surface area contributed by atoms with Gasteiger partial charge in [-0.2, -0.15) is 0 Å². The third-order valence-electron chi connectivity index (χ3n) is 6.04. The average molecular weight is 368 g/mol. The fraction of sp³-hybridized carbons (Fsp3) is 0.476. The summed E-state index contributed by atoms with van der Waals surface area (Å²) in [5, 5.41) is 12.7. The van der Waals surface area contributed by atoms with Gasteiger partial charge in [-0.25, -0.2) is 4.79 Å². The molecule has 2 aromatic carbocycles. The molecule has 3 aliphatic rings. The fourth-order valence-electron chi connectivity index (χ4n) is 4.67. The van der Waals surface area contributed by atoms with Crippen LogP contribution in [0, 0.1) is 0 Å². The number of esters is 1. The van der Waals surface area contributed by atoms with Crippen LogP contribution in [0.2, 0.25) is 0 Å². The highest BCUT2D eigenvalue weighted by Crippen LogP contribution is 2.32. The van der Waals surface area contributed by atoms with E-state index >= 15 is 0 Å². The molecule has 6 nitrogen and oxygen atoms in total. The van der Waals surface area contributed by atoms with Gasteiger partial charge in [-0.05, 0) is 22.6 Å². The minimum absolute atomic E-state index is 0.170. The Morgan fingerprint density at radius 2 is 1.96 bits per heavy atom.